The number of likely N-dealkylation sites (N-methyl/N-ethyl adjacent to an activating group) is 1. The van der Waals surface area contributed by atoms with E-state index >= 15 is 0 Å². The van der Waals surface area contributed by atoms with E-state index in [2.05, 4.69) is 44.2 Å². The van der Waals surface area contributed by atoms with Crippen LogP contribution in [0.1, 0.15) is 19.4 Å². The van der Waals surface area contributed by atoms with Crippen molar-refractivity contribution in [2.75, 3.05) is 31.7 Å². The van der Waals surface area contributed by atoms with Crippen molar-refractivity contribution in [3.8, 4) is 0 Å². The molecule has 0 aromatic heterocycles. The molecule has 0 aliphatic rings. The van der Waals surface area contributed by atoms with Crippen molar-refractivity contribution in [2.24, 2.45) is 0 Å². The second kappa shape index (κ2) is 4.74. The summed E-state index contributed by atoms with van der Waals surface area (Å²) >= 11 is 0. The van der Waals surface area contributed by atoms with Gasteiger partial charge < -0.3 is 16.0 Å². The lowest BCUT2D eigenvalue weighted by Crippen LogP contribution is -2.44. The third-order valence-electron chi connectivity index (χ3n) is 3.22. The van der Waals surface area contributed by atoms with Crippen LogP contribution in [0.2, 0.25) is 0 Å². The Morgan fingerprint density at radius 3 is 2.44 bits per heavy atom. The molecule has 0 heterocycles. The normalized spacial score (nSPS) is 11.9. The molecule has 0 saturated carbocycles. The average molecular weight is 221 g/mol. The summed E-state index contributed by atoms with van der Waals surface area (Å²) in [4.78, 5) is 2.21. The van der Waals surface area contributed by atoms with Gasteiger partial charge >= 0.3 is 0 Å². The molecule has 1 rings (SSSR count). The molecule has 0 saturated heterocycles. The van der Waals surface area contributed by atoms with E-state index in [-0.39, 0.29) is 5.54 Å². The molecule has 1 aromatic carbocycles. The van der Waals surface area contributed by atoms with Crippen LogP contribution in [-0.4, -0.2) is 31.1 Å². The fourth-order valence-corrected chi connectivity index (χ4v) is 1.23. The van der Waals surface area contributed by atoms with E-state index in [1.807, 2.05) is 19.1 Å². The molecule has 0 atom stereocenters. The van der Waals surface area contributed by atoms with Gasteiger partial charge in [-0.3, -0.25) is 0 Å². The van der Waals surface area contributed by atoms with Crippen molar-refractivity contribution in [3.05, 3.63) is 23.8 Å². The van der Waals surface area contributed by atoms with Crippen LogP contribution in [0.15, 0.2) is 18.2 Å². The van der Waals surface area contributed by atoms with E-state index in [9.17, 15) is 0 Å². The molecule has 90 valence electrons. The molecule has 16 heavy (non-hydrogen) atoms. The lowest BCUT2D eigenvalue weighted by Gasteiger charge is -2.33. The van der Waals surface area contributed by atoms with Gasteiger partial charge in [0.15, 0.2) is 0 Å². The highest BCUT2D eigenvalue weighted by molar-refractivity contribution is 5.58. The number of nitrogens with two attached hydrogens (primary N) is 1. The van der Waals surface area contributed by atoms with E-state index in [4.69, 9.17) is 5.73 Å². The maximum atomic E-state index is 5.87. The Morgan fingerprint density at radius 1 is 1.31 bits per heavy atom. The van der Waals surface area contributed by atoms with Gasteiger partial charge in [0, 0.05) is 23.5 Å². The fraction of sp³-hybridized carbons (Fsp3) is 0.538. The zero-order chi connectivity index (χ0) is 12.3. The second-order valence-corrected chi connectivity index (χ2v) is 5.13. The molecule has 0 bridgehead atoms. The predicted octanol–water partition coefficient (Wildman–Crippen LogP) is 2.33. The molecule has 0 aliphatic heterocycles. The van der Waals surface area contributed by atoms with Gasteiger partial charge in [0.1, 0.15) is 0 Å². The molecule has 0 unspecified atom stereocenters. The SMILES string of the molecule is Cc1ccc(NCC(C)(C)N(C)C)cc1N. The maximum Gasteiger partial charge on any atom is 0.0364 e. The van der Waals surface area contributed by atoms with E-state index < -0.39 is 0 Å². The number of nitrogen functional groups attached to an aromatic ring is 1. The lowest BCUT2D eigenvalue weighted by molar-refractivity contribution is 0.210. The zero-order valence-electron chi connectivity index (χ0n) is 11.0. The number of aryl methyl sites for hydroxylation is 1. The minimum atomic E-state index is 0.125. The molecule has 1 aromatic rings. The van der Waals surface area contributed by atoms with Gasteiger partial charge in [-0.05, 0) is 52.6 Å². The summed E-state index contributed by atoms with van der Waals surface area (Å²) in [7, 11) is 4.18. The monoisotopic (exact) mass is 221 g/mol. The minimum Gasteiger partial charge on any atom is -0.398 e. The Hall–Kier alpha value is -1.22. The van der Waals surface area contributed by atoms with Crippen LogP contribution in [0.4, 0.5) is 11.4 Å². The summed E-state index contributed by atoms with van der Waals surface area (Å²) < 4.78 is 0. The molecular weight excluding hydrogens is 198 g/mol. The summed E-state index contributed by atoms with van der Waals surface area (Å²) in [5, 5.41) is 3.41. The zero-order valence-corrected chi connectivity index (χ0v) is 11.0. The van der Waals surface area contributed by atoms with Crippen molar-refractivity contribution in [1.29, 1.82) is 0 Å². The molecule has 0 fully saturated rings. The Bertz CT molecular complexity index is 356. The van der Waals surface area contributed by atoms with E-state index in [0.29, 0.717) is 0 Å². The van der Waals surface area contributed by atoms with Crippen LogP contribution < -0.4 is 11.1 Å². The molecule has 0 spiro atoms. The van der Waals surface area contributed by atoms with E-state index in [1.165, 1.54) is 0 Å². The van der Waals surface area contributed by atoms with Crippen molar-refractivity contribution in [3.63, 3.8) is 0 Å². The van der Waals surface area contributed by atoms with Gasteiger partial charge in [-0.25, -0.2) is 0 Å². The third-order valence-corrected chi connectivity index (χ3v) is 3.22. The van der Waals surface area contributed by atoms with Gasteiger partial charge in [-0.15, -0.1) is 0 Å². The number of nitrogens with zero attached hydrogens (tertiary/aromatic N) is 1. The Labute approximate surface area is 98.6 Å². The first kappa shape index (κ1) is 12.8. The van der Waals surface area contributed by atoms with Gasteiger partial charge in [0.2, 0.25) is 0 Å². The first-order valence-electron chi connectivity index (χ1n) is 5.60. The van der Waals surface area contributed by atoms with Crippen LogP contribution >= 0.6 is 0 Å². The molecule has 3 N–H and O–H groups in total. The first-order valence-corrected chi connectivity index (χ1v) is 5.60. The summed E-state index contributed by atoms with van der Waals surface area (Å²) in [6.45, 7) is 7.32. The summed E-state index contributed by atoms with van der Waals surface area (Å²) in [5.74, 6) is 0. The van der Waals surface area contributed by atoms with Crippen LogP contribution in [0, 0.1) is 6.92 Å². The number of hydrogen-bond donors (Lipinski definition) is 2. The lowest BCUT2D eigenvalue weighted by atomic mass is 10.0. The molecular formula is C13H23N3. The largest absolute Gasteiger partial charge is 0.398 e. The number of rotatable bonds is 4. The molecule has 0 amide bonds. The molecule has 3 heteroatoms. The highest BCUT2D eigenvalue weighted by atomic mass is 15.2. The number of nitrogens with one attached hydrogen (secondary N) is 1. The van der Waals surface area contributed by atoms with E-state index in [1.54, 1.807) is 0 Å². The van der Waals surface area contributed by atoms with E-state index in [0.717, 1.165) is 23.5 Å². The highest BCUT2D eigenvalue weighted by Crippen LogP contribution is 2.18. The van der Waals surface area contributed by atoms with Gasteiger partial charge in [0.05, 0.1) is 0 Å². The first-order chi connectivity index (χ1) is 7.33. The maximum absolute atomic E-state index is 5.87. The summed E-state index contributed by atoms with van der Waals surface area (Å²) in [5.41, 5.74) is 9.04. The number of anilines is 2. The Balaban J connectivity index is 2.65. The van der Waals surface area contributed by atoms with Gasteiger partial charge in [-0.2, -0.15) is 0 Å². The minimum absolute atomic E-state index is 0.125. The molecule has 0 aliphatic carbocycles. The van der Waals surface area contributed by atoms with Crippen LogP contribution in [-0.2, 0) is 0 Å². The third kappa shape index (κ3) is 3.14. The van der Waals surface area contributed by atoms with Crippen molar-refractivity contribution >= 4 is 11.4 Å². The smallest absolute Gasteiger partial charge is 0.0364 e. The average Bonchev–Trinajstić information content (AvgIpc) is 2.20. The second-order valence-electron chi connectivity index (χ2n) is 5.13. The predicted molar refractivity (Wildman–Crippen MR) is 71.8 cm³/mol. The standard InChI is InChI=1S/C13H23N3/c1-10-6-7-11(8-12(10)14)15-9-13(2,3)16(4)5/h6-8,15H,9,14H2,1-5H3. The summed E-state index contributed by atoms with van der Waals surface area (Å²) in [6.07, 6.45) is 0. The number of hydrogen-bond acceptors (Lipinski definition) is 3. The highest BCUT2D eigenvalue weighted by Gasteiger charge is 2.19. The van der Waals surface area contributed by atoms with Crippen molar-refractivity contribution in [1.82, 2.24) is 4.90 Å². The topological polar surface area (TPSA) is 41.3 Å². The van der Waals surface area contributed by atoms with Crippen molar-refractivity contribution < 1.29 is 0 Å². The van der Waals surface area contributed by atoms with Crippen LogP contribution in [0.3, 0.4) is 0 Å². The Morgan fingerprint density at radius 2 is 1.94 bits per heavy atom. The van der Waals surface area contributed by atoms with Crippen LogP contribution in [0.25, 0.3) is 0 Å². The number of benzene rings is 1. The summed E-state index contributed by atoms with van der Waals surface area (Å²) in [6, 6.07) is 6.10. The molecule has 0 radical (unpaired) electrons. The van der Waals surface area contributed by atoms with Gasteiger partial charge in [-0.1, -0.05) is 6.07 Å². The quantitative estimate of drug-likeness (QED) is 0.767. The van der Waals surface area contributed by atoms with Gasteiger partial charge in [0.25, 0.3) is 0 Å². The Kier molecular flexibility index (Phi) is 3.81. The molecule has 3 nitrogen and oxygen atoms in total. The fourth-order valence-electron chi connectivity index (χ4n) is 1.23. The van der Waals surface area contributed by atoms with Crippen LogP contribution in [0.5, 0.6) is 0 Å². The van der Waals surface area contributed by atoms with Crippen molar-refractivity contribution in [2.45, 2.75) is 26.3 Å².